The van der Waals surface area contributed by atoms with E-state index in [0.29, 0.717) is 11.4 Å². The van der Waals surface area contributed by atoms with Crippen LogP contribution >= 0.6 is 0 Å². The fourth-order valence-corrected chi connectivity index (χ4v) is 2.83. The molecule has 0 saturated heterocycles. The summed E-state index contributed by atoms with van der Waals surface area (Å²) in [7, 11) is 0. The van der Waals surface area contributed by atoms with Gasteiger partial charge < -0.3 is 10.1 Å². The SMILES string of the molecule is Cc1ccc(Oc2ncccn2)cc1-c1cnc(NC(=O)c2cncc(F)c2C)cn1. The average molecular weight is 416 g/mol. The molecule has 1 N–H and O–H groups in total. The quantitative estimate of drug-likeness (QED) is 0.522. The third kappa shape index (κ3) is 4.50. The summed E-state index contributed by atoms with van der Waals surface area (Å²) in [4.78, 5) is 32.9. The van der Waals surface area contributed by atoms with Crippen LogP contribution in [0, 0.1) is 19.7 Å². The Labute approximate surface area is 177 Å². The van der Waals surface area contributed by atoms with Crippen molar-refractivity contribution in [3.8, 4) is 23.0 Å². The number of rotatable bonds is 5. The molecule has 0 unspecified atom stereocenters. The molecule has 4 aromatic rings. The second kappa shape index (κ2) is 8.62. The molecule has 0 spiro atoms. The predicted molar refractivity (Wildman–Crippen MR) is 111 cm³/mol. The van der Waals surface area contributed by atoms with Crippen LogP contribution in [0.3, 0.4) is 0 Å². The maximum Gasteiger partial charge on any atom is 0.321 e. The van der Waals surface area contributed by atoms with E-state index in [9.17, 15) is 9.18 Å². The summed E-state index contributed by atoms with van der Waals surface area (Å²) in [5.41, 5.74) is 2.72. The number of carbonyl (C=O) groups is 1. The number of aryl methyl sites for hydroxylation is 1. The van der Waals surface area contributed by atoms with Gasteiger partial charge in [-0.1, -0.05) is 6.07 Å². The predicted octanol–water partition coefficient (Wildman–Crippen LogP) is 4.13. The highest BCUT2D eigenvalue weighted by molar-refractivity contribution is 6.04. The largest absolute Gasteiger partial charge is 0.424 e. The molecule has 31 heavy (non-hydrogen) atoms. The molecule has 0 radical (unpaired) electrons. The van der Waals surface area contributed by atoms with Gasteiger partial charge in [-0.3, -0.25) is 14.8 Å². The second-order valence-electron chi connectivity index (χ2n) is 6.65. The highest BCUT2D eigenvalue weighted by Crippen LogP contribution is 2.28. The molecule has 154 valence electrons. The summed E-state index contributed by atoms with van der Waals surface area (Å²) >= 11 is 0. The molecule has 0 atom stereocenters. The van der Waals surface area contributed by atoms with Crippen molar-refractivity contribution < 1.29 is 13.9 Å². The zero-order chi connectivity index (χ0) is 21.8. The van der Waals surface area contributed by atoms with E-state index in [1.807, 2.05) is 25.1 Å². The number of ether oxygens (including phenoxy) is 1. The molecule has 0 fully saturated rings. The second-order valence-corrected chi connectivity index (χ2v) is 6.65. The first-order valence-electron chi connectivity index (χ1n) is 9.30. The van der Waals surface area contributed by atoms with Crippen LogP contribution in [-0.2, 0) is 0 Å². The zero-order valence-corrected chi connectivity index (χ0v) is 16.7. The third-order valence-corrected chi connectivity index (χ3v) is 4.53. The molecule has 0 aliphatic carbocycles. The first-order valence-corrected chi connectivity index (χ1v) is 9.30. The number of halogens is 1. The van der Waals surface area contributed by atoms with Crippen molar-refractivity contribution in [3.63, 3.8) is 0 Å². The Morgan fingerprint density at radius 2 is 1.81 bits per heavy atom. The minimum absolute atomic E-state index is 0.134. The average Bonchev–Trinajstić information content (AvgIpc) is 2.78. The number of benzene rings is 1. The Balaban J connectivity index is 1.53. The minimum Gasteiger partial charge on any atom is -0.424 e. The highest BCUT2D eigenvalue weighted by Gasteiger charge is 2.14. The zero-order valence-electron chi connectivity index (χ0n) is 16.7. The lowest BCUT2D eigenvalue weighted by Crippen LogP contribution is -2.15. The van der Waals surface area contributed by atoms with Crippen LogP contribution in [0.2, 0.25) is 0 Å². The van der Waals surface area contributed by atoms with Gasteiger partial charge in [0.1, 0.15) is 11.6 Å². The summed E-state index contributed by atoms with van der Waals surface area (Å²) in [5, 5.41) is 2.60. The maximum absolute atomic E-state index is 13.6. The lowest BCUT2D eigenvalue weighted by atomic mass is 10.1. The van der Waals surface area contributed by atoms with Gasteiger partial charge in [-0.2, -0.15) is 0 Å². The number of anilines is 1. The van der Waals surface area contributed by atoms with E-state index in [1.165, 1.54) is 25.5 Å². The summed E-state index contributed by atoms with van der Waals surface area (Å²) in [6, 6.07) is 7.46. The van der Waals surface area contributed by atoms with E-state index in [2.05, 4.69) is 30.2 Å². The Morgan fingerprint density at radius 1 is 1.00 bits per heavy atom. The number of carbonyl (C=O) groups excluding carboxylic acids is 1. The highest BCUT2D eigenvalue weighted by atomic mass is 19.1. The number of pyridine rings is 1. The third-order valence-electron chi connectivity index (χ3n) is 4.53. The molecule has 1 amide bonds. The number of hydrogen-bond acceptors (Lipinski definition) is 7. The topological polar surface area (TPSA) is 103 Å². The number of hydrogen-bond donors (Lipinski definition) is 1. The van der Waals surface area contributed by atoms with Crippen molar-refractivity contribution in [1.29, 1.82) is 0 Å². The molecule has 4 rings (SSSR count). The van der Waals surface area contributed by atoms with Gasteiger partial charge in [0.25, 0.3) is 5.91 Å². The molecule has 1 aromatic carbocycles. The standard InChI is InChI=1S/C22H17FN6O2/c1-13-4-5-15(31-22-25-6-3-7-26-22)8-16(13)19-11-28-20(12-27-19)29-21(30)17-9-24-10-18(23)14(17)2/h3-12H,1-2H3,(H,28,29,30). The molecular weight excluding hydrogens is 399 g/mol. The molecule has 0 aliphatic heterocycles. The molecular formula is C22H17FN6O2. The van der Waals surface area contributed by atoms with E-state index in [4.69, 9.17) is 4.74 Å². The van der Waals surface area contributed by atoms with Crippen LogP contribution in [0.1, 0.15) is 21.5 Å². The molecule has 3 aromatic heterocycles. The van der Waals surface area contributed by atoms with Gasteiger partial charge in [-0.15, -0.1) is 0 Å². The van der Waals surface area contributed by atoms with Crippen LogP contribution < -0.4 is 10.1 Å². The van der Waals surface area contributed by atoms with Crippen LogP contribution in [0.4, 0.5) is 10.2 Å². The lowest BCUT2D eigenvalue weighted by Gasteiger charge is -2.10. The molecule has 0 aliphatic rings. The maximum atomic E-state index is 13.6. The van der Waals surface area contributed by atoms with Gasteiger partial charge in [0.15, 0.2) is 5.82 Å². The first kappa shape index (κ1) is 20.0. The van der Waals surface area contributed by atoms with E-state index in [-0.39, 0.29) is 23.0 Å². The van der Waals surface area contributed by atoms with Gasteiger partial charge in [0.2, 0.25) is 0 Å². The Bertz CT molecular complexity index is 1230. The molecule has 3 heterocycles. The molecule has 0 bridgehead atoms. The van der Waals surface area contributed by atoms with Crippen molar-refractivity contribution in [2.45, 2.75) is 13.8 Å². The Kier molecular flexibility index (Phi) is 5.57. The van der Waals surface area contributed by atoms with E-state index < -0.39 is 11.7 Å². The number of nitrogens with zero attached hydrogens (tertiary/aromatic N) is 5. The summed E-state index contributed by atoms with van der Waals surface area (Å²) in [5.74, 6) is -0.270. The Morgan fingerprint density at radius 3 is 2.55 bits per heavy atom. The summed E-state index contributed by atoms with van der Waals surface area (Å²) in [6.07, 6.45) is 8.53. The minimum atomic E-state index is -0.549. The van der Waals surface area contributed by atoms with E-state index in [0.717, 1.165) is 17.3 Å². The van der Waals surface area contributed by atoms with Gasteiger partial charge in [0, 0.05) is 29.7 Å². The van der Waals surface area contributed by atoms with Crippen LogP contribution in [0.5, 0.6) is 11.8 Å². The van der Waals surface area contributed by atoms with Gasteiger partial charge >= 0.3 is 6.01 Å². The monoisotopic (exact) mass is 416 g/mol. The van der Waals surface area contributed by atoms with Crippen molar-refractivity contribution in [2.24, 2.45) is 0 Å². The molecule has 8 nitrogen and oxygen atoms in total. The smallest absolute Gasteiger partial charge is 0.321 e. The van der Waals surface area contributed by atoms with Crippen LogP contribution in [0.25, 0.3) is 11.3 Å². The van der Waals surface area contributed by atoms with Crippen molar-refractivity contribution in [2.75, 3.05) is 5.32 Å². The van der Waals surface area contributed by atoms with Crippen molar-refractivity contribution >= 4 is 11.7 Å². The molecule has 0 saturated carbocycles. The number of nitrogens with one attached hydrogen (secondary N) is 1. The van der Waals surface area contributed by atoms with Gasteiger partial charge in [-0.05, 0) is 37.6 Å². The fourth-order valence-electron chi connectivity index (χ4n) is 2.83. The van der Waals surface area contributed by atoms with Crippen LogP contribution in [-0.4, -0.2) is 30.8 Å². The van der Waals surface area contributed by atoms with Gasteiger partial charge in [0.05, 0.1) is 29.8 Å². The normalized spacial score (nSPS) is 10.5. The first-order chi connectivity index (χ1) is 15.0. The van der Waals surface area contributed by atoms with Crippen LogP contribution in [0.15, 0.2) is 61.4 Å². The van der Waals surface area contributed by atoms with Crippen molar-refractivity contribution in [1.82, 2.24) is 24.9 Å². The summed E-state index contributed by atoms with van der Waals surface area (Å²) in [6.45, 7) is 3.45. The number of amides is 1. The number of aromatic nitrogens is 5. The fraction of sp³-hybridized carbons (Fsp3) is 0.0909. The lowest BCUT2D eigenvalue weighted by molar-refractivity contribution is 0.102. The van der Waals surface area contributed by atoms with E-state index in [1.54, 1.807) is 18.5 Å². The Hall–Kier alpha value is -4.27. The van der Waals surface area contributed by atoms with E-state index >= 15 is 0 Å². The van der Waals surface area contributed by atoms with Gasteiger partial charge in [-0.25, -0.2) is 19.3 Å². The molecule has 9 heteroatoms. The van der Waals surface area contributed by atoms with Crippen molar-refractivity contribution in [3.05, 3.63) is 84.0 Å². The summed E-state index contributed by atoms with van der Waals surface area (Å²) < 4.78 is 19.3.